The molecular weight excluding hydrogens is 322 g/mol. The Labute approximate surface area is 140 Å². The molecule has 120 valence electrons. The summed E-state index contributed by atoms with van der Waals surface area (Å²) in [6, 6.07) is 5.44. The van der Waals surface area contributed by atoms with Gasteiger partial charge in [0.1, 0.15) is 0 Å². The summed E-state index contributed by atoms with van der Waals surface area (Å²) >= 11 is 7.73. The highest BCUT2D eigenvalue weighted by atomic mass is 35.5. The number of nitrogens with zero attached hydrogens (tertiary/aromatic N) is 1. The van der Waals surface area contributed by atoms with Gasteiger partial charge in [0.15, 0.2) is 0 Å². The van der Waals surface area contributed by atoms with Crippen molar-refractivity contribution in [2.75, 3.05) is 26.0 Å². The van der Waals surface area contributed by atoms with E-state index >= 15 is 0 Å². The molecule has 1 saturated heterocycles. The van der Waals surface area contributed by atoms with Crippen LogP contribution >= 0.6 is 23.4 Å². The van der Waals surface area contributed by atoms with Crippen LogP contribution in [-0.2, 0) is 9.53 Å². The first kappa shape index (κ1) is 17.2. The predicted molar refractivity (Wildman–Crippen MR) is 88.5 cm³/mol. The highest BCUT2D eigenvalue weighted by Gasteiger charge is 2.30. The number of hydrogen-bond acceptors (Lipinski definition) is 4. The van der Waals surface area contributed by atoms with Crippen molar-refractivity contribution in [1.29, 1.82) is 0 Å². The normalized spacial score (nSPS) is 18.1. The van der Waals surface area contributed by atoms with E-state index in [0.717, 1.165) is 17.7 Å². The Kier molecular flexibility index (Phi) is 6.15. The van der Waals surface area contributed by atoms with Crippen LogP contribution in [0.2, 0.25) is 5.02 Å². The first-order chi connectivity index (χ1) is 10.6. The number of likely N-dealkylation sites (tertiary alicyclic amines) is 1. The van der Waals surface area contributed by atoms with Gasteiger partial charge >= 0.3 is 5.97 Å². The van der Waals surface area contributed by atoms with Crippen LogP contribution in [0.25, 0.3) is 0 Å². The molecule has 0 saturated carbocycles. The monoisotopic (exact) mass is 341 g/mol. The lowest BCUT2D eigenvalue weighted by atomic mass is 9.97. The number of carbonyl (C=O) groups excluding carboxylic acids is 2. The maximum Gasteiger partial charge on any atom is 0.310 e. The van der Waals surface area contributed by atoms with Crippen molar-refractivity contribution >= 4 is 35.2 Å². The van der Waals surface area contributed by atoms with Crippen LogP contribution in [0, 0.1) is 5.92 Å². The van der Waals surface area contributed by atoms with Crippen LogP contribution in [-0.4, -0.2) is 42.7 Å². The van der Waals surface area contributed by atoms with E-state index in [1.165, 1.54) is 0 Å². The van der Waals surface area contributed by atoms with Crippen LogP contribution in [0.15, 0.2) is 23.1 Å². The van der Waals surface area contributed by atoms with Crippen LogP contribution in [0.4, 0.5) is 0 Å². The molecule has 0 radical (unpaired) electrons. The Balaban J connectivity index is 2.13. The number of benzene rings is 1. The lowest BCUT2D eigenvalue weighted by molar-refractivity contribution is -0.149. The van der Waals surface area contributed by atoms with E-state index in [1.807, 2.05) is 18.4 Å². The summed E-state index contributed by atoms with van der Waals surface area (Å²) in [5.41, 5.74) is 0.498. The van der Waals surface area contributed by atoms with Gasteiger partial charge in [-0.05, 0) is 44.2 Å². The molecule has 0 aliphatic carbocycles. The van der Waals surface area contributed by atoms with Gasteiger partial charge in [0, 0.05) is 18.0 Å². The van der Waals surface area contributed by atoms with Gasteiger partial charge in [0.05, 0.1) is 23.1 Å². The minimum Gasteiger partial charge on any atom is -0.466 e. The molecule has 1 atom stereocenters. The maximum atomic E-state index is 12.7. The molecule has 22 heavy (non-hydrogen) atoms. The quantitative estimate of drug-likeness (QED) is 0.621. The van der Waals surface area contributed by atoms with Crippen molar-refractivity contribution in [1.82, 2.24) is 4.90 Å². The van der Waals surface area contributed by atoms with Crippen LogP contribution in [0.3, 0.4) is 0 Å². The number of rotatable bonds is 4. The molecular formula is C16H20ClNO3S. The number of hydrogen-bond donors (Lipinski definition) is 0. The van der Waals surface area contributed by atoms with E-state index in [2.05, 4.69) is 0 Å². The van der Waals surface area contributed by atoms with Gasteiger partial charge in [0.25, 0.3) is 5.91 Å². The lowest BCUT2D eigenvalue weighted by Gasteiger charge is -2.31. The van der Waals surface area contributed by atoms with Crippen molar-refractivity contribution in [3.8, 4) is 0 Å². The van der Waals surface area contributed by atoms with E-state index in [1.54, 1.807) is 29.7 Å². The largest absolute Gasteiger partial charge is 0.466 e. The fourth-order valence-electron chi connectivity index (χ4n) is 2.58. The minimum absolute atomic E-state index is 0.116. The summed E-state index contributed by atoms with van der Waals surface area (Å²) in [6.45, 7) is 3.20. The zero-order valence-corrected chi connectivity index (χ0v) is 14.4. The number of piperidine rings is 1. The van der Waals surface area contributed by atoms with Crippen molar-refractivity contribution in [3.63, 3.8) is 0 Å². The Morgan fingerprint density at radius 1 is 1.45 bits per heavy atom. The number of carbonyl (C=O) groups is 2. The second kappa shape index (κ2) is 7.88. The van der Waals surface area contributed by atoms with Crippen LogP contribution < -0.4 is 0 Å². The molecule has 2 rings (SSSR count). The summed E-state index contributed by atoms with van der Waals surface area (Å²) < 4.78 is 5.07. The third-order valence-electron chi connectivity index (χ3n) is 3.73. The molecule has 1 fully saturated rings. The third kappa shape index (κ3) is 3.96. The zero-order valence-electron chi connectivity index (χ0n) is 12.8. The molecule has 1 aliphatic heterocycles. The highest BCUT2D eigenvalue weighted by molar-refractivity contribution is 7.98. The van der Waals surface area contributed by atoms with E-state index < -0.39 is 0 Å². The van der Waals surface area contributed by atoms with Gasteiger partial charge in [0.2, 0.25) is 0 Å². The summed E-state index contributed by atoms with van der Waals surface area (Å²) in [4.78, 5) is 27.3. The number of halogens is 1. The second-order valence-electron chi connectivity index (χ2n) is 5.19. The first-order valence-electron chi connectivity index (χ1n) is 7.36. The SMILES string of the molecule is CCOC(=O)C1CCCN(C(=O)c2cc(SC)ccc2Cl)C1. The van der Waals surface area contributed by atoms with E-state index in [0.29, 0.717) is 30.3 Å². The average Bonchev–Trinajstić information content (AvgIpc) is 2.55. The zero-order chi connectivity index (χ0) is 16.1. The fraction of sp³-hybridized carbons (Fsp3) is 0.500. The van der Waals surface area contributed by atoms with Crippen LogP contribution in [0.1, 0.15) is 30.1 Å². The maximum absolute atomic E-state index is 12.7. The highest BCUT2D eigenvalue weighted by Crippen LogP contribution is 2.26. The molecule has 0 N–H and O–H groups in total. The molecule has 0 bridgehead atoms. The Morgan fingerprint density at radius 3 is 2.91 bits per heavy atom. The van der Waals surface area contributed by atoms with Gasteiger partial charge < -0.3 is 9.64 Å². The average molecular weight is 342 g/mol. The lowest BCUT2D eigenvalue weighted by Crippen LogP contribution is -2.42. The molecule has 4 nitrogen and oxygen atoms in total. The summed E-state index contributed by atoms with van der Waals surface area (Å²) in [5, 5.41) is 0.445. The summed E-state index contributed by atoms with van der Waals surface area (Å²) in [5.74, 6) is -0.570. The molecule has 1 aromatic carbocycles. The van der Waals surface area contributed by atoms with E-state index in [-0.39, 0.29) is 17.8 Å². The van der Waals surface area contributed by atoms with Crippen molar-refractivity contribution in [2.24, 2.45) is 5.92 Å². The Morgan fingerprint density at radius 2 is 2.23 bits per heavy atom. The number of thioether (sulfide) groups is 1. The van der Waals surface area contributed by atoms with Gasteiger partial charge in [-0.1, -0.05) is 11.6 Å². The van der Waals surface area contributed by atoms with E-state index in [9.17, 15) is 9.59 Å². The number of amides is 1. The standard InChI is InChI=1S/C16H20ClNO3S/c1-3-21-16(20)11-5-4-8-18(10-11)15(19)13-9-12(22-2)6-7-14(13)17/h6-7,9,11H,3-5,8,10H2,1-2H3. The summed E-state index contributed by atoms with van der Waals surface area (Å²) in [6.07, 6.45) is 3.52. The third-order valence-corrected chi connectivity index (χ3v) is 4.79. The molecule has 6 heteroatoms. The van der Waals surface area contributed by atoms with Crippen LogP contribution in [0.5, 0.6) is 0 Å². The Hall–Kier alpha value is -1.20. The fourth-order valence-corrected chi connectivity index (χ4v) is 3.22. The molecule has 0 spiro atoms. The first-order valence-corrected chi connectivity index (χ1v) is 8.96. The van der Waals surface area contributed by atoms with Gasteiger partial charge in [-0.3, -0.25) is 9.59 Å². The van der Waals surface area contributed by atoms with Crippen molar-refractivity contribution in [3.05, 3.63) is 28.8 Å². The molecule has 1 unspecified atom stereocenters. The topological polar surface area (TPSA) is 46.6 Å². The van der Waals surface area contributed by atoms with Crippen molar-refractivity contribution in [2.45, 2.75) is 24.7 Å². The number of ether oxygens (including phenoxy) is 1. The minimum atomic E-state index is -0.236. The van der Waals surface area contributed by atoms with E-state index in [4.69, 9.17) is 16.3 Å². The van der Waals surface area contributed by atoms with Gasteiger partial charge in [-0.25, -0.2) is 0 Å². The molecule has 1 aliphatic rings. The molecule has 0 aromatic heterocycles. The molecule has 1 heterocycles. The predicted octanol–water partition coefficient (Wildman–Crippen LogP) is 3.48. The number of esters is 1. The molecule has 1 amide bonds. The van der Waals surface area contributed by atoms with Gasteiger partial charge in [-0.2, -0.15) is 0 Å². The second-order valence-corrected chi connectivity index (χ2v) is 6.47. The Bertz CT molecular complexity index is 564. The molecule has 1 aromatic rings. The summed E-state index contributed by atoms with van der Waals surface area (Å²) in [7, 11) is 0. The van der Waals surface area contributed by atoms with Crippen molar-refractivity contribution < 1.29 is 14.3 Å². The smallest absolute Gasteiger partial charge is 0.310 e. The van der Waals surface area contributed by atoms with Gasteiger partial charge in [-0.15, -0.1) is 11.8 Å².